The van der Waals surface area contributed by atoms with E-state index in [-0.39, 0.29) is 5.91 Å². The normalized spacial score (nSPS) is 11.1. The molecular formula is C27H18ClIN2O2. The number of nitrogens with one attached hydrogen (secondary N) is 1. The Bertz CT molecular complexity index is 1400. The SMILES string of the molecule is O=C(Nc1ccc2oc(-c3cc(I)ccc3Cl)nc2c1)C(c1ccccc1)c1ccccc1. The predicted octanol–water partition coefficient (Wildman–Crippen LogP) is 7.52. The van der Waals surface area contributed by atoms with Crippen molar-refractivity contribution in [1.82, 2.24) is 4.98 Å². The number of hydrogen-bond acceptors (Lipinski definition) is 3. The van der Waals surface area contributed by atoms with Crippen LogP contribution in [0.4, 0.5) is 5.69 Å². The van der Waals surface area contributed by atoms with Crippen molar-refractivity contribution in [3.05, 3.63) is 117 Å². The fraction of sp³-hybridized carbons (Fsp3) is 0.0370. The zero-order chi connectivity index (χ0) is 22.8. The Morgan fingerprint density at radius 3 is 2.21 bits per heavy atom. The van der Waals surface area contributed by atoms with Crippen LogP contribution in [0.25, 0.3) is 22.6 Å². The fourth-order valence-corrected chi connectivity index (χ4v) is 4.47. The van der Waals surface area contributed by atoms with Gasteiger partial charge in [0.1, 0.15) is 5.52 Å². The van der Waals surface area contributed by atoms with Crippen molar-refractivity contribution < 1.29 is 9.21 Å². The first kappa shape index (κ1) is 21.7. The standard InChI is InChI=1S/C27H18ClIN2O2/c28-22-13-11-19(29)15-21(22)27-31-23-16-20(12-14-24(23)33-27)30-26(32)25(17-7-3-1-4-8-17)18-9-5-2-6-10-18/h1-16,25H,(H,30,32). The van der Waals surface area contributed by atoms with E-state index in [9.17, 15) is 4.79 Å². The molecule has 1 N–H and O–H groups in total. The first-order chi connectivity index (χ1) is 16.1. The van der Waals surface area contributed by atoms with Crippen LogP contribution < -0.4 is 5.32 Å². The predicted molar refractivity (Wildman–Crippen MR) is 141 cm³/mol. The summed E-state index contributed by atoms with van der Waals surface area (Å²) in [7, 11) is 0. The monoisotopic (exact) mass is 564 g/mol. The Kier molecular flexibility index (Phi) is 6.15. The number of fused-ring (bicyclic) bond motifs is 1. The zero-order valence-corrected chi connectivity index (χ0v) is 20.2. The van der Waals surface area contributed by atoms with Gasteiger partial charge in [0.25, 0.3) is 0 Å². The molecule has 5 rings (SSSR count). The van der Waals surface area contributed by atoms with Crippen LogP contribution >= 0.6 is 34.2 Å². The number of oxazole rings is 1. The highest BCUT2D eigenvalue weighted by molar-refractivity contribution is 14.1. The van der Waals surface area contributed by atoms with Gasteiger partial charge in [0.2, 0.25) is 11.8 Å². The van der Waals surface area contributed by atoms with Crippen LogP contribution in [0.1, 0.15) is 17.0 Å². The number of amides is 1. The molecule has 0 saturated carbocycles. The summed E-state index contributed by atoms with van der Waals surface area (Å²) in [4.78, 5) is 18.0. The van der Waals surface area contributed by atoms with Crippen molar-refractivity contribution in [1.29, 1.82) is 0 Å². The number of nitrogens with zero attached hydrogens (tertiary/aromatic N) is 1. The minimum Gasteiger partial charge on any atom is -0.436 e. The number of anilines is 1. The van der Waals surface area contributed by atoms with Gasteiger partial charge < -0.3 is 9.73 Å². The smallest absolute Gasteiger partial charge is 0.236 e. The second-order valence-electron chi connectivity index (χ2n) is 7.57. The summed E-state index contributed by atoms with van der Waals surface area (Å²) in [5.74, 6) is -0.0965. The minimum absolute atomic E-state index is 0.115. The van der Waals surface area contributed by atoms with Crippen molar-refractivity contribution >= 4 is 56.9 Å². The first-order valence-electron chi connectivity index (χ1n) is 10.4. The third-order valence-electron chi connectivity index (χ3n) is 5.34. The summed E-state index contributed by atoms with van der Waals surface area (Å²) in [5, 5.41) is 3.63. The highest BCUT2D eigenvalue weighted by Crippen LogP contribution is 2.32. The molecule has 0 radical (unpaired) electrons. The lowest BCUT2D eigenvalue weighted by Gasteiger charge is -2.18. The lowest BCUT2D eigenvalue weighted by molar-refractivity contribution is -0.116. The number of hydrogen-bond donors (Lipinski definition) is 1. The molecule has 6 heteroatoms. The molecule has 0 spiro atoms. The number of halogens is 2. The molecule has 162 valence electrons. The summed E-state index contributed by atoms with van der Waals surface area (Å²) in [6.07, 6.45) is 0. The van der Waals surface area contributed by atoms with Crippen LogP contribution in [-0.2, 0) is 4.79 Å². The maximum absolute atomic E-state index is 13.4. The van der Waals surface area contributed by atoms with Crippen LogP contribution in [0.5, 0.6) is 0 Å². The van der Waals surface area contributed by atoms with Crippen LogP contribution in [0.2, 0.25) is 5.02 Å². The maximum Gasteiger partial charge on any atom is 0.236 e. The Balaban J connectivity index is 1.46. The molecule has 0 fully saturated rings. The minimum atomic E-state index is -0.429. The summed E-state index contributed by atoms with van der Waals surface area (Å²) < 4.78 is 6.96. The Morgan fingerprint density at radius 2 is 1.55 bits per heavy atom. The van der Waals surface area contributed by atoms with Gasteiger partial charge in [-0.15, -0.1) is 0 Å². The molecule has 0 atom stereocenters. The second kappa shape index (κ2) is 9.37. The van der Waals surface area contributed by atoms with E-state index in [1.54, 1.807) is 0 Å². The van der Waals surface area contributed by atoms with Crippen LogP contribution in [0.3, 0.4) is 0 Å². The third kappa shape index (κ3) is 4.65. The molecule has 0 bridgehead atoms. The van der Waals surface area contributed by atoms with Crippen molar-refractivity contribution in [3.63, 3.8) is 0 Å². The van der Waals surface area contributed by atoms with Gasteiger partial charge >= 0.3 is 0 Å². The molecule has 4 nitrogen and oxygen atoms in total. The molecule has 33 heavy (non-hydrogen) atoms. The molecule has 1 aromatic heterocycles. The van der Waals surface area contributed by atoms with Gasteiger partial charge in [-0.3, -0.25) is 4.79 Å². The van der Waals surface area contributed by atoms with Crippen LogP contribution in [-0.4, -0.2) is 10.9 Å². The van der Waals surface area contributed by atoms with E-state index in [1.165, 1.54) is 0 Å². The molecule has 0 aliphatic rings. The largest absolute Gasteiger partial charge is 0.436 e. The zero-order valence-electron chi connectivity index (χ0n) is 17.3. The molecule has 4 aromatic carbocycles. The van der Waals surface area contributed by atoms with Crippen LogP contribution in [0.15, 0.2) is 101 Å². The first-order valence-corrected chi connectivity index (χ1v) is 11.8. The van der Waals surface area contributed by atoms with Crippen molar-refractivity contribution in [3.8, 4) is 11.5 Å². The van der Waals surface area contributed by atoms with Gasteiger partial charge in [0.15, 0.2) is 5.58 Å². The highest BCUT2D eigenvalue weighted by Gasteiger charge is 2.23. The van der Waals surface area contributed by atoms with E-state index in [0.717, 1.165) is 20.3 Å². The lowest BCUT2D eigenvalue weighted by Crippen LogP contribution is -2.22. The van der Waals surface area contributed by atoms with E-state index in [2.05, 4.69) is 32.9 Å². The number of benzene rings is 4. The fourth-order valence-electron chi connectivity index (χ4n) is 3.78. The second-order valence-corrected chi connectivity index (χ2v) is 9.22. The number of rotatable bonds is 5. The van der Waals surface area contributed by atoms with E-state index in [1.807, 2.05) is 97.1 Å². The van der Waals surface area contributed by atoms with Crippen molar-refractivity contribution in [2.75, 3.05) is 5.32 Å². The average molecular weight is 565 g/mol. The topological polar surface area (TPSA) is 55.1 Å². The van der Waals surface area contributed by atoms with Crippen LogP contribution in [0, 0.1) is 3.57 Å². The molecule has 5 aromatic rings. The summed E-state index contributed by atoms with van der Waals surface area (Å²) in [6.45, 7) is 0. The van der Waals surface area contributed by atoms with Gasteiger partial charge in [-0.1, -0.05) is 72.3 Å². The maximum atomic E-state index is 13.4. The lowest BCUT2D eigenvalue weighted by atomic mass is 9.90. The van der Waals surface area contributed by atoms with E-state index < -0.39 is 5.92 Å². The average Bonchev–Trinajstić information content (AvgIpc) is 3.25. The van der Waals surface area contributed by atoms with Gasteiger partial charge in [0.05, 0.1) is 16.5 Å². The molecule has 0 aliphatic carbocycles. The third-order valence-corrected chi connectivity index (χ3v) is 6.34. The van der Waals surface area contributed by atoms with E-state index in [0.29, 0.717) is 27.7 Å². The van der Waals surface area contributed by atoms with Gasteiger partial charge in [0, 0.05) is 9.26 Å². The number of aromatic nitrogens is 1. The number of carbonyl (C=O) groups is 1. The molecule has 1 heterocycles. The molecule has 0 unspecified atom stereocenters. The molecular weight excluding hydrogens is 547 g/mol. The van der Waals surface area contributed by atoms with Crippen molar-refractivity contribution in [2.24, 2.45) is 0 Å². The Hall–Kier alpha value is -3.16. The molecule has 1 amide bonds. The number of carbonyl (C=O) groups excluding carboxylic acids is 1. The molecule has 0 aliphatic heterocycles. The van der Waals surface area contributed by atoms with Gasteiger partial charge in [-0.25, -0.2) is 4.98 Å². The van der Waals surface area contributed by atoms with E-state index >= 15 is 0 Å². The molecule has 0 saturated heterocycles. The highest BCUT2D eigenvalue weighted by atomic mass is 127. The van der Waals surface area contributed by atoms with Crippen molar-refractivity contribution in [2.45, 2.75) is 5.92 Å². The summed E-state index contributed by atoms with van der Waals surface area (Å²) >= 11 is 8.58. The Morgan fingerprint density at radius 1 is 0.879 bits per heavy atom. The Labute approximate surface area is 209 Å². The van der Waals surface area contributed by atoms with E-state index in [4.69, 9.17) is 16.0 Å². The summed E-state index contributed by atoms with van der Waals surface area (Å²) in [5.41, 5.74) is 4.52. The van der Waals surface area contributed by atoms with Gasteiger partial charge in [-0.2, -0.15) is 0 Å². The quantitative estimate of drug-likeness (QED) is 0.225. The van der Waals surface area contributed by atoms with Gasteiger partial charge in [-0.05, 0) is 70.1 Å². The summed E-state index contributed by atoms with van der Waals surface area (Å²) in [6, 6.07) is 30.7.